The lowest BCUT2D eigenvalue weighted by Crippen LogP contribution is -2.32. The average molecular weight is 145 g/mol. The summed E-state index contributed by atoms with van der Waals surface area (Å²) >= 11 is 1.41. The number of aliphatic carboxylic acids is 1. The summed E-state index contributed by atoms with van der Waals surface area (Å²) in [6.45, 7) is 0. The SMILES string of the molecule is O=C(O)C1C=CCSN1. The minimum atomic E-state index is -0.821. The van der Waals surface area contributed by atoms with Crippen LogP contribution in [0.1, 0.15) is 0 Å². The second-order valence-corrected chi connectivity index (χ2v) is 2.53. The molecule has 0 saturated heterocycles. The smallest absolute Gasteiger partial charge is 0.325 e. The van der Waals surface area contributed by atoms with Gasteiger partial charge in [0.15, 0.2) is 0 Å². The molecule has 3 nitrogen and oxygen atoms in total. The molecule has 1 unspecified atom stereocenters. The summed E-state index contributed by atoms with van der Waals surface area (Å²) in [5.41, 5.74) is 0. The van der Waals surface area contributed by atoms with Crippen LogP contribution in [0.2, 0.25) is 0 Å². The maximum Gasteiger partial charge on any atom is 0.325 e. The summed E-state index contributed by atoms with van der Waals surface area (Å²) < 4.78 is 2.75. The molecule has 2 N–H and O–H groups in total. The largest absolute Gasteiger partial charge is 0.480 e. The number of carbonyl (C=O) groups is 1. The molecule has 1 aliphatic heterocycles. The zero-order valence-electron chi connectivity index (χ0n) is 4.70. The van der Waals surface area contributed by atoms with E-state index in [1.807, 2.05) is 6.08 Å². The van der Waals surface area contributed by atoms with Gasteiger partial charge in [0.05, 0.1) is 0 Å². The average Bonchev–Trinajstić information content (AvgIpc) is 1.90. The second kappa shape index (κ2) is 2.89. The normalized spacial score (nSPS) is 26.0. The molecule has 0 aliphatic carbocycles. The third-order valence-corrected chi connectivity index (χ3v) is 1.76. The van der Waals surface area contributed by atoms with Crippen LogP contribution in [0.25, 0.3) is 0 Å². The van der Waals surface area contributed by atoms with Crippen LogP contribution < -0.4 is 4.72 Å². The molecule has 1 atom stereocenters. The minimum absolute atomic E-state index is 0.497. The summed E-state index contributed by atoms with van der Waals surface area (Å²) in [5, 5.41) is 8.41. The van der Waals surface area contributed by atoms with E-state index in [1.165, 1.54) is 11.9 Å². The van der Waals surface area contributed by atoms with Gasteiger partial charge in [0.25, 0.3) is 0 Å². The van der Waals surface area contributed by atoms with E-state index < -0.39 is 12.0 Å². The highest BCUT2D eigenvalue weighted by Gasteiger charge is 2.14. The summed E-state index contributed by atoms with van der Waals surface area (Å²) in [6.07, 6.45) is 3.50. The molecule has 0 spiro atoms. The molecule has 0 amide bonds. The molecule has 0 fully saturated rings. The van der Waals surface area contributed by atoms with Crippen molar-refractivity contribution in [1.82, 2.24) is 4.72 Å². The van der Waals surface area contributed by atoms with Crippen molar-refractivity contribution in [2.24, 2.45) is 0 Å². The highest BCUT2D eigenvalue weighted by molar-refractivity contribution is 7.97. The van der Waals surface area contributed by atoms with Crippen LogP contribution in [0, 0.1) is 0 Å². The van der Waals surface area contributed by atoms with Crippen molar-refractivity contribution < 1.29 is 9.90 Å². The lowest BCUT2D eigenvalue weighted by atomic mass is 10.3. The van der Waals surface area contributed by atoms with Crippen LogP contribution in [0.5, 0.6) is 0 Å². The fraction of sp³-hybridized carbons (Fsp3) is 0.400. The Labute approximate surface area is 57.3 Å². The number of hydrogen-bond donors (Lipinski definition) is 2. The van der Waals surface area contributed by atoms with E-state index in [0.29, 0.717) is 0 Å². The second-order valence-electron chi connectivity index (χ2n) is 1.67. The van der Waals surface area contributed by atoms with Gasteiger partial charge in [-0.15, -0.1) is 0 Å². The third-order valence-electron chi connectivity index (χ3n) is 0.984. The number of carboxylic acid groups (broad SMARTS) is 1. The van der Waals surface area contributed by atoms with E-state index in [1.54, 1.807) is 6.08 Å². The third kappa shape index (κ3) is 1.73. The number of nitrogens with one attached hydrogen (secondary N) is 1. The highest BCUT2D eigenvalue weighted by atomic mass is 32.2. The predicted molar refractivity (Wildman–Crippen MR) is 36.2 cm³/mol. The molecule has 1 aliphatic rings. The van der Waals surface area contributed by atoms with Crippen molar-refractivity contribution in [3.63, 3.8) is 0 Å². The quantitative estimate of drug-likeness (QED) is 0.410. The summed E-state index contributed by atoms with van der Waals surface area (Å²) in [4.78, 5) is 10.2. The van der Waals surface area contributed by atoms with Crippen molar-refractivity contribution in [3.8, 4) is 0 Å². The van der Waals surface area contributed by atoms with Gasteiger partial charge in [-0.1, -0.05) is 24.1 Å². The van der Waals surface area contributed by atoms with Gasteiger partial charge < -0.3 is 5.11 Å². The predicted octanol–water partition coefficient (Wildman–Crippen LogP) is 0.247. The van der Waals surface area contributed by atoms with Gasteiger partial charge in [0, 0.05) is 5.75 Å². The Morgan fingerprint density at radius 1 is 1.89 bits per heavy atom. The summed E-state index contributed by atoms with van der Waals surface area (Å²) in [7, 11) is 0. The number of hydrogen-bond acceptors (Lipinski definition) is 3. The number of carboxylic acids is 1. The van der Waals surface area contributed by atoms with Crippen LogP contribution in [0.4, 0.5) is 0 Å². The molecule has 0 aromatic carbocycles. The fourth-order valence-electron chi connectivity index (χ4n) is 0.550. The van der Waals surface area contributed by atoms with E-state index in [0.717, 1.165) is 5.75 Å². The first-order chi connectivity index (χ1) is 4.30. The van der Waals surface area contributed by atoms with E-state index in [9.17, 15) is 4.79 Å². The van der Waals surface area contributed by atoms with Crippen LogP contribution in [0.15, 0.2) is 12.2 Å². The zero-order chi connectivity index (χ0) is 6.69. The number of rotatable bonds is 1. The standard InChI is InChI=1S/C5H7NO2S/c7-5(8)4-2-1-3-9-6-4/h1-2,4,6H,3H2,(H,7,8). The van der Waals surface area contributed by atoms with Gasteiger partial charge in [-0.25, -0.2) is 4.72 Å². The van der Waals surface area contributed by atoms with Crippen LogP contribution >= 0.6 is 11.9 Å². The molecule has 0 radical (unpaired) electrons. The topological polar surface area (TPSA) is 49.3 Å². The maximum absolute atomic E-state index is 10.2. The van der Waals surface area contributed by atoms with Gasteiger partial charge in [-0.05, 0) is 0 Å². The highest BCUT2D eigenvalue weighted by Crippen LogP contribution is 2.04. The van der Waals surface area contributed by atoms with Crippen molar-refractivity contribution in [1.29, 1.82) is 0 Å². The first-order valence-electron chi connectivity index (χ1n) is 2.57. The first-order valence-corrected chi connectivity index (χ1v) is 3.56. The lowest BCUT2D eigenvalue weighted by Gasteiger charge is -2.11. The van der Waals surface area contributed by atoms with Crippen molar-refractivity contribution >= 4 is 17.9 Å². The monoisotopic (exact) mass is 145 g/mol. The Hall–Kier alpha value is -0.480. The van der Waals surface area contributed by atoms with Gasteiger partial charge in [-0.3, -0.25) is 4.79 Å². The van der Waals surface area contributed by atoms with Crippen molar-refractivity contribution in [3.05, 3.63) is 12.2 Å². The Bertz CT molecular complexity index is 146. The minimum Gasteiger partial charge on any atom is -0.480 e. The molecule has 0 bridgehead atoms. The van der Waals surface area contributed by atoms with Crippen LogP contribution in [-0.2, 0) is 4.79 Å². The molecule has 1 heterocycles. The Balaban J connectivity index is 2.50. The molecule has 0 aromatic rings. The lowest BCUT2D eigenvalue weighted by molar-refractivity contribution is -0.137. The molecule has 9 heavy (non-hydrogen) atoms. The Morgan fingerprint density at radius 3 is 3.00 bits per heavy atom. The summed E-state index contributed by atoms with van der Waals surface area (Å²) in [5.74, 6) is 0.0301. The fourth-order valence-corrected chi connectivity index (χ4v) is 1.21. The van der Waals surface area contributed by atoms with Crippen molar-refractivity contribution in [2.75, 3.05) is 5.75 Å². The van der Waals surface area contributed by atoms with E-state index >= 15 is 0 Å². The van der Waals surface area contributed by atoms with E-state index in [4.69, 9.17) is 5.11 Å². The van der Waals surface area contributed by atoms with Crippen LogP contribution in [-0.4, -0.2) is 22.9 Å². The Morgan fingerprint density at radius 2 is 2.67 bits per heavy atom. The molecular weight excluding hydrogens is 138 g/mol. The van der Waals surface area contributed by atoms with E-state index in [-0.39, 0.29) is 0 Å². The van der Waals surface area contributed by atoms with Gasteiger partial charge >= 0.3 is 5.97 Å². The first kappa shape index (κ1) is 6.64. The molecule has 0 saturated carbocycles. The van der Waals surface area contributed by atoms with Crippen LogP contribution in [0.3, 0.4) is 0 Å². The van der Waals surface area contributed by atoms with Crippen molar-refractivity contribution in [2.45, 2.75) is 6.04 Å². The van der Waals surface area contributed by atoms with Gasteiger partial charge in [0.1, 0.15) is 6.04 Å². The summed E-state index contributed by atoms with van der Waals surface area (Å²) in [6, 6.07) is -0.497. The molecule has 50 valence electrons. The van der Waals surface area contributed by atoms with Gasteiger partial charge in [0.2, 0.25) is 0 Å². The van der Waals surface area contributed by atoms with Gasteiger partial charge in [-0.2, -0.15) is 0 Å². The zero-order valence-corrected chi connectivity index (χ0v) is 5.52. The maximum atomic E-state index is 10.2. The molecule has 4 heteroatoms. The Kier molecular flexibility index (Phi) is 2.13. The molecule has 1 rings (SSSR count). The molecular formula is C5H7NO2S. The molecule has 0 aromatic heterocycles. The van der Waals surface area contributed by atoms with E-state index in [2.05, 4.69) is 4.72 Å².